The molecule has 3 fully saturated rings. The van der Waals surface area contributed by atoms with Crippen molar-refractivity contribution in [3.8, 4) is 22.5 Å². The van der Waals surface area contributed by atoms with Crippen molar-refractivity contribution in [2.75, 3.05) is 37.8 Å². The maximum Gasteiger partial charge on any atom is 0.337 e. The van der Waals surface area contributed by atoms with Crippen LogP contribution in [-0.2, 0) is 4.74 Å². The van der Waals surface area contributed by atoms with Crippen LogP contribution in [0.25, 0.3) is 44.5 Å². The zero-order valence-electron chi connectivity index (χ0n) is 22.2. The van der Waals surface area contributed by atoms with Crippen molar-refractivity contribution in [2.24, 2.45) is 5.92 Å². The molecular formula is C31H30N6O3. The zero-order valence-corrected chi connectivity index (χ0v) is 22.2. The number of nitrogen functional groups attached to an aromatic ring is 1. The SMILES string of the molecule is COC(=O)c1ccc(-c2ccc3[nH]c(=O)c(-c4nc5ccccc5[nH]4)c(N[C@H]4CN5CCC4CC5)c3c2)c(N)c1. The van der Waals surface area contributed by atoms with Crippen LogP contribution in [0.3, 0.4) is 0 Å². The van der Waals surface area contributed by atoms with Gasteiger partial charge in [-0.2, -0.15) is 0 Å². The summed E-state index contributed by atoms with van der Waals surface area (Å²) in [5.41, 5.74) is 12.4. The lowest BCUT2D eigenvalue weighted by atomic mass is 9.83. The number of hydrogen-bond acceptors (Lipinski definition) is 7. The first-order valence-corrected chi connectivity index (χ1v) is 13.6. The van der Waals surface area contributed by atoms with Crippen molar-refractivity contribution < 1.29 is 9.53 Å². The molecule has 3 aliphatic rings. The number of benzene rings is 3. The number of nitrogens with two attached hydrogens (primary N) is 1. The highest BCUT2D eigenvalue weighted by Gasteiger charge is 2.35. The highest BCUT2D eigenvalue weighted by molar-refractivity contribution is 6.02. The Morgan fingerprint density at radius 1 is 1.05 bits per heavy atom. The van der Waals surface area contributed by atoms with E-state index in [9.17, 15) is 9.59 Å². The van der Waals surface area contributed by atoms with E-state index in [-0.39, 0.29) is 11.6 Å². The molecule has 5 N–H and O–H groups in total. The number of methoxy groups -OCH3 is 1. The first kappa shape index (κ1) is 24.4. The first-order chi connectivity index (χ1) is 19.5. The number of aromatic nitrogens is 3. The van der Waals surface area contributed by atoms with Gasteiger partial charge in [0.15, 0.2) is 0 Å². The van der Waals surface area contributed by atoms with Crippen LogP contribution in [-0.4, -0.2) is 58.6 Å². The fraction of sp³-hybridized carbons (Fsp3) is 0.258. The summed E-state index contributed by atoms with van der Waals surface area (Å²) in [6.45, 7) is 3.20. The van der Waals surface area contributed by atoms with Gasteiger partial charge >= 0.3 is 5.97 Å². The summed E-state index contributed by atoms with van der Waals surface area (Å²) < 4.78 is 4.84. The molecule has 2 bridgehead atoms. The van der Waals surface area contributed by atoms with Crippen LogP contribution in [0.1, 0.15) is 23.2 Å². The molecule has 9 heteroatoms. The van der Waals surface area contributed by atoms with Gasteiger partial charge in [-0.15, -0.1) is 0 Å². The molecule has 0 saturated carbocycles. The number of nitrogens with zero attached hydrogens (tertiary/aromatic N) is 2. The normalized spacial score (nSPS) is 20.2. The van der Waals surface area contributed by atoms with Crippen molar-refractivity contribution in [3.63, 3.8) is 0 Å². The molecule has 1 atom stereocenters. The largest absolute Gasteiger partial charge is 0.465 e. The summed E-state index contributed by atoms with van der Waals surface area (Å²) in [5, 5.41) is 4.69. The molecule has 40 heavy (non-hydrogen) atoms. The number of H-pyrrole nitrogens is 2. The standard InChI is InChI=1S/C31H30N6O3/c1-40-31(39)19-6-8-20(22(32)15-19)18-7-9-23-21(14-18)28(33-26-16-37-12-10-17(26)11-13-37)27(30(38)36-23)29-34-24-4-2-3-5-25(24)35-29/h2-9,14-15,17,26H,10-13,16,32H2,1H3,(H,34,35)(H2,33,36,38)/t26-/m0/s1. The smallest absolute Gasteiger partial charge is 0.337 e. The summed E-state index contributed by atoms with van der Waals surface area (Å²) in [4.78, 5) is 39.4. The molecule has 5 aromatic rings. The van der Waals surface area contributed by atoms with E-state index in [1.807, 2.05) is 48.5 Å². The van der Waals surface area contributed by atoms with Crippen LogP contribution in [0, 0.1) is 5.92 Å². The topological polar surface area (TPSA) is 129 Å². The summed E-state index contributed by atoms with van der Waals surface area (Å²) >= 11 is 0. The van der Waals surface area contributed by atoms with E-state index < -0.39 is 5.97 Å². The Balaban J connectivity index is 1.41. The van der Waals surface area contributed by atoms with Crippen LogP contribution < -0.4 is 16.6 Å². The molecule has 202 valence electrons. The molecule has 0 unspecified atom stereocenters. The lowest BCUT2D eigenvalue weighted by Crippen LogP contribution is -2.53. The van der Waals surface area contributed by atoms with E-state index in [4.69, 9.17) is 15.5 Å². The van der Waals surface area contributed by atoms with E-state index in [0.717, 1.165) is 71.2 Å². The van der Waals surface area contributed by atoms with E-state index in [2.05, 4.69) is 20.2 Å². The minimum Gasteiger partial charge on any atom is -0.465 e. The number of fused-ring (bicyclic) bond motifs is 5. The molecule has 0 spiro atoms. The van der Waals surface area contributed by atoms with Gasteiger partial charge in [-0.3, -0.25) is 4.79 Å². The second-order valence-electron chi connectivity index (χ2n) is 10.7. The van der Waals surface area contributed by atoms with Crippen molar-refractivity contribution in [2.45, 2.75) is 18.9 Å². The Labute approximate surface area is 230 Å². The number of pyridine rings is 1. The van der Waals surface area contributed by atoms with Gasteiger partial charge in [-0.05, 0) is 73.8 Å². The molecule has 0 aliphatic carbocycles. The van der Waals surface area contributed by atoms with Crippen LogP contribution >= 0.6 is 0 Å². The number of piperidine rings is 3. The Kier molecular flexibility index (Phi) is 5.82. The molecule has 3 aliphatic heterocycles. The molecule has 9 nitrogen and oxygen atoms in total. The number of carbonyl (C=O) groups is 1. The predicted octanol–water partition coefficient (Wildman–Crippen LogP) is 4.61. The molecule has 8 rings (SSSR count). The number of hydrogen-bond donors (Lipinski definition) is 4. The Morgan fingerprint density at radius 3 is 2.60 bits per heavy atom. The summed E-state index contributed by atoms with van der Waals surface area (Å²) in [5.74, 6) is 0.641. The van der Waals surface area contributed by atoms with Crippen molar-refractivity contribution in [3.05, 3.63) is 76.6 Å². The Bertz CT molecular complexity index is 1800. The minimum atomic E-state index is -0.436. The Hall–Kier alpha value is -4.63. The molecular weight excluding hydrogens is 504 g/mol. The minimum absolute atomic E-state index is 0.204. The molecule has 2 aromatic heterocycles. The van der Waals surface area contributed by atoms with Gasteiger partial charge in [0.05, 0.1) is 34.9 Å². The summed E-state index contributed by atoms with van der Waals surface area (Å²) in [7, 11) is 1.35. The maximum absolute atomic E-state index is 13.6. The van der Waals surface area contributed by atoms with E-state index >= 15 is 0 Å². The van der Waals surface area contributed by atoms with Crippen molar-refractivity contribution in [1.82, 2.24) is 19.9 Å². The zero-order chi connectivity index (χ0) is 27.4. The first-order valence-electron chi connectivity index (χ1n) is 13.6. The van der Waals surface area contributed by atoms with Crippen LogP contribution in [0.15, 0.2) is 65.5 Å². The average Bonchev–Trinajstić information content (AvgIpc) is 3.41. The van der Waals surface area contributed by atoms with Gasteiger partial charge in [0.2, 0.25) is 0 Å². The third-order valence-corrected chi connectivity index (χ3v) is 8.41. The third kappa shape index (κ3) is 4.10. The molecule has 0 radical (unpaired) electrons. The van der Waals surface area contributed by atoms with Crippen LogP contribution in [0.4, 0.5) is 11.4 Å². The molecule has 0 amide bonds. The van der Waals surface area contributed by atoms with E-state index in [1.54, 1.807) is 12.1 Å². The average molecular weight is 535 g/mol. The quantitative estimate of drug-likeness (QED) is 0.191. The second-order valence-corrected chi connectivity index (χ2v) is 10.7. The number of nitrogens with one attached hydrogen (secondary N) is 3. The van der Waals surface area contributed by atoms with Gasteiger partial charge in [-0.25, -0.2) is 9.78 Å². The van der Waals surface area contributed by atoms with Crippen molar-refractivity contribution >= 4 is 39.3 Å². The number of para-hydroxylation sites is 2. The van der Waals surface area contributed by atoms with E-state index in [1.165, 1.54) is 7.11 Å². The highest BCUT2D eigenvalue weighted by atomic mass is 16.5. The van der Waals surface area contributed by atoms with Crippen molar-refractivity contribution in [1.29, 1.82) is 0 Å². The third-order valence-electron chi connectivity index (χ3n) is 8.41. The number of aromatic amines is 2. The summed E-state index contributed by atoms with van der Waals surface area (Å²) in [6, 6.07) is 19.1. The lowest BCUT2D eigenvalue weighted by molar-refractivity contribution is 0.0601. The maximum atomic E-state index is 13.6. The fourth-order valence-corrected chi connectivity index (χ4v) is 6.29. The van der Waals surface area contributed by atoms with Gasteiger partial charge in [0, 0.05) is 29.2 Å². The number of esters is 1. The molecule has 3 saturated heterocycles. The van der Waals surface area contributed by atoms with Crippen LogP contribution in [0.2, 0.25) is 0 Å². The predicted molar refractivity (Wildman–Crippen MR) is 157 cm³/mol. The van der Waals surface area contributed by atoms with Crippen LogP contribution in [0.5, 0.6) is 0 Å². The number of ether oxygens (including phenoxy) is 1. The van der Waals surface area contributed by atoms with Gasteiger partial charge in [0.25, 0.3) is 5.56 Å². The molecule has 3 aromatic carbocycles. The number of imidazole rings is 1. The van der Waals surface area contributed by atoms with E-state index in [0.29, 0.717) is 28.6 Å². The molecule has 5 heterocycles. The number of anilines is 2. The lowest BCUT2D eigenvalue weighted by Gasteiger charge is -2.45. The van der Waals surface area contributed by atoms with Gasteiger partial charge in [0.1, 0.15) is 11.4 Å². The Morgan fingerprint density at radius 2 is 1.88 bits per heavy atom. The number of rotatable bonds is 5. The summed E-state index contributed by atoms with van der Waals surface area (Å²) in [6.07, 6.45) is 2.29. The van der Waals surface area contributed by atoms with Gasteiger partial charge in [-0.1, -0.05) is 24.3 Å². The van der Waals surface area contributed by atoms with Gasteiger partial charge < -0.3 is 30.7 Å². The fourth-order valence-electron chi connectivity index (χ4n) is 6.29. The second kappa shape index (κ2) is 9.53. The monoisotopic (exact) mass is 534 g/mol. The highest BCUT2D eigenvalue weighted by Crippen LogP contribution is 2.38. The number of carbonyl (C=O) groups excluding carboxylic acids is 1.